The maximum Gasteiger partial charge on any atom is 0.271 e. The van der Waals surface area contributed by atoms with E-state index < -0.39 is 6.04 Å². The van der Waals surface area contributed by atoms with Gasteiger partial charge in [0, 0.05) is 24.8 Å². The van der Waals surface area contributed by atoms with Crippen LogP contribution in [0, 0.1) is 0 Å². The first-order chi connectivity index (χ1) is 13.7. The van der Waals surface area contributed by atoms with Gasteiger partial charge >= 0.3 is 0 Å². The molecule has 0 saturated heterocycles. The number of benzene rings is 1. The van der Waals surface area contributed by atoms with Crippen molar-refractivity contribution in [3.05, 3.63) is 76.6 Å². The lowest BCUT2D eigenvalue weighted by Gasteiger charge is -2.19. The Morgan fingerprint density at radius 2 is 2.04 bits per heavy atom. The molecular formula is C20H18N4O2S2. The van der Waals surface area contributed by atoms with Gasteiger partial charge in [-0.1, -0.05) is 18.2 Å². The Hall–Kier alpha value is -2.97. The molecule has 1 aromatic carbocycles. The van der Waals surface area contributed by atoms with Crippen LogP contribution >= 0.6 is 22.7 Å². The summed E-state index contributed by atoms with van der Waals surface area (Å²) in [6.45, 7) is 0. The third kappa shape index (κ3) is 3.69. The van der Waals surface area contributed by atoms with E-state index in [1.807, 2.05) is 59.6 Å². The van der Waals surface area contributed by atoms with Crippen LogP contribution in [-0.2, 0) is 7.05 Å². The summed E-state index contributed by atoms with van der Waals surface area (Å²) in [4.78, 5) is 22.9. The quantitative estimate of drug-likeness (QED) is 0.519. The summed E-state index contributed by atoms with van der Waals surface area (Å²) >= 11 is 3.07. The number of thiophene rings is 1. The van der Waals surface area contributed by atoms with E-state index in [-0.39, 0.29) is 5.91 Å². The number of hydrogen-bond acceptors (Lipinski definition) is 6. The summed E-state index contributed by atoms with van der Waals surface area (Å²) < 4.78 is 7.13. The normalized spacial score (nSPS) is 11.9. The predicted octanol–water partition coefficient (Wildman–Crippen LogP) is 4.13. The highest BCUT2D eigenvalue weighted by Gasteiger charge is 2.23. The Balaban J connectivity index is 1.62. The number of ether oxygens (including phenoxy) is 1. The number of aryl methyl sites for hydroxylation is 1. The molecular weight excluding hydrogens is 392 g/mol. The number of nitrogens with one attached hydrogen (secondary N) is 1. The molecule has 0 spiro atoms. The summed E-state index contributed by atoms with van der Waals surface area (Å²) in [6.07, 6.45) is 3.57. The van der Waals surface area contributed by atoms with Crippen molar-refractivity contribution >= 4 is 28.6 Å². The lowest BCUT2D eigenvalue weighted by atomic mass is 10.1. The fourth-order valence-corrected chi connectivity index (χ4v) is 4.46. The second-order valence-electron chi connectivity index (χ2n) is 6.09. The van der Waals surface area contributed by atoms with Gasteiger partial charge in [-0.3, -0.25) is 4.79 Å². The highest BCUT2D eigenvalue weighted by molar-refractivity contribution is 7.20. The van der Waals surface area contributed by atoms with Crippen LogP contribution in [0.3, 0.4) is 0 Å². The van der Waals surface area contributed by atoms with Crippen molar-refractivity contribution in [3.63, 3.8) is 0 Å². The number of rotatable bonds is 6. The highest BCUT2D eigenvalue weighted by atomic mass is 32.1. The molecule has 0 fully saturated rings. The van der Waals surface area contributed by atoms with Crippen LogP contribution in [0.15, 0.2) is 59.6 Å². The van der Waals surface area contributed by atoms with Gasteiger partial charge in [-0.25, -0.2) is 9.97 Å². The molecule has 1 N–H and O–H groups in total. The number of thiazole rings is 1. The standard InChI is InChI=1S/C20H18N4O2S2/c1-24-10-9-21-18(24)17(13-5-7-14(26-2)8-6-13)23-19(25)15-12-28-20(22-15)16-4-3-11-27-16/h3-12,17H,1-2H3,(H,23,25). The minimum atomic E-state index is -0.398. The van der Waals surface area contributed by atoms with E-state index in [0.717, 1.165) is 27.0 Å². The van der Waals surface area contributed by atoms with Gasteiger partial charge in [0.25, 0.3) is 5.91 Å². The van der Waals surface area contributed by atoms with E-state index in [2.05, 4.69) is 15.3 Å². The molecule has 0 aliphatic carbocycles. The van der Waals surface area contributed by atoms with Crippen LogP contribution in [0.4, 0.5) is 0 Å². The van der Waals surface area contributed by atoms with Gasteiger partial charge in [-0.15, -0.1) is 22.7 Å². The van der Waals surface area contributed by atoms with Gasteiger partial charge in [0.05, 0.1) is 12.0 Å². The molecule has 3 aromatic heterocycles. The zero-order valence-electron chi connectivity index (χ0n) is 15.3. The van der Waals surface area contributed by atoms with E-state index in [9.17, 15) is 4.79 Å². The molecule has 8 heteroatoms. The van der Waals surface area contributed by atoms with E-state index >= 15 is 0 Å². The van der Waals surface area contributed by atoms with Crippen LogP contribution in [0.1, 0.15) is 27.9 Å². The van der Waals surface area contributed by atoms with Gasteiger partial charge in [0.1, 0.15) is 28.3 Å². The number of carbonyl (C=O) groups is 1. The van der Waals surface area contributed by atoms with Crippen molar-refractivity contribution in [2.24, 2.45) is 7.05 Å². The summed E-state index contributed by atoms with van der Waals surface area (Å²) in [6, 6.07) is 11.2. The third-order valence-electron chi connectivity index (χ3n) is 4.31. The number of nitrogens with zero attached hydrogens (tertiary/aromatic N) is 3. The van der Waals surface area contributed by atoms with Crippen LogP contribution in [0.2, 0.25) is 0 Å². The van der Waals surface area contributed by atoms with Gasteiger partial charge in [-0.05, 0) is 29.1 Å². The van der Waals surface area contributed by atoms with Crippen molar-refractivity contribution in [1.82, 2.24) is 19.9 Å². The number of methoxy groups -OCH3 is 1. The summed E-state index contributed by atoms with van der Waals surface area (Å²) in [5.74, 6) is 1.27. The zero-order valence-corrected chi connectivity index (χ0v) is 17.0. The first-order valence-corrected chi connectivity index (χ1v) is 10.3. The molecule has 1 atom stereocenters. The minimum absolute atomic E-state index is 0.233. The van der Waals surface area contributed by atoms with Crippen molar-refractivity contribution < 1.29 is 9.53 Å². The van der Waals surface area contributed by atoms with Crippen molar-refractivity contribution in [3.8, 4) is 15.6 Å². The molecule has 0 aliphatic rings. The maximum absolute atomic E-state index is 12.9. The number of carbonyl (C=O) groups excluding carboxylic acids is 1. The molecule has 0 aliphatic heterocycles. The molecule has 0 radical (unpaired) electrons. The molecule has 1 amide bonds. The minimum Gasteiger partial charge on any atom is -0.497 e. The van der Waals surface area contributed by atoms with Crippen molar-refractivity contribution in [2.45, 2.75) is 6.04 Å². The zero-order chi connectivity index (χ0) is 19.5. The molecule has 0 saturated carbocycles. The van der Waals surface area contributed by atoms with Gasteiger partial charge in [0.15, 0.2) is 0 Å². The lowest BCUT2D eigenvalue weighted by Crippen LogP contribution is -2.31. The van der Waals surface area contributed by atoms with Crippen molar-refractivity contribution in [2.75, 3.05) is 7.11 Å². The van der Waals surface area contributed by atoms with Crippen LogP contribution in [0.25, 0.3) is 9.88 Å². The number of imidazole rings is 1. The smallest absolute Gasteiger partial charge is 0.271 e. The lowest BCUT2D eigenvalue weighted by molar-refractivity contribution is 0.0937. The maximum atomic E-state index is 12.9. The fourth-order valence-electron chi connectivity index (χ4n) is 2.85. The molecule has 4 rings (SSSR count). The largest absolute Gasteiger partial charge is 0.497 e. The average Bonchev–Trinajstić information content (AvgIpc) is 3.47. The summed E-state index contributed by atoms with van der Waals surface area (Å²) in [5.41, 5.74) is 1.32. The van der Waals surface area contributed by atoms with E-state index in [4.69, 9.17) is 4.74 Å². The number of hydrogen-bond donors (Lipinski definition) is 1. The molecule has 142 valence electrons. The molecule has 4 aromatic rings. The summed E-state index contributed by atoms with van der Waals surface area (Å²) in [5, 5.41) is 7.70. The predicted molar refractivity (Wildman–Crippen MR) is 111 cm³/mol. The Bertz CT molecular complexity index is 1070. The topological polar surface area (TPSA) is 69.0 Å². The molecule has 28 heavy (non-hydrogen) atoms. The van der Waals surface area contributed by atoms with Gasteiger partial charge in [-0.2, -0.15) is 0 Å². The second-order valence-corrected chi connectivity index (χ2v) is 7.90. The van der Waals surface area contributed by atoms with E-state index in [0.29, 0.717) is 5.69 Å². The monoisotopic (exact) mass is 410 g/mol. The number of amides is 1. The fraction of sp³-hybridized carbons (Fsp3) is 0.150. The van der Waals surface area contributed by atoms with E-state index in [1.165, 1.54) is 11.3 Å². The third-order valence-corrected chi connectivity index (χ3v) is 6.19. The molecule has 0 bridgehead atoms. The first kappa shape index (κ1) is 18.4. The van der Waals surface area contributed by atoms with E-state index in [1.54, 1.807) is 30.0 Å². The Morgan fingerprint density at radius 1 is 1.21 bits per heavy atom. The van der Waals surface area contributed by atoms with Crippen LogP contribution in [-0.4, -0.2) is 27.6 Å². The second kappa shape index (κ2) is 7.95. The Kier molecular flexibility index (Phi) is 5.23. The summed E-state index contributed by atoms with van der Waals surface area (Å²) in [7, 11) is 3.53. The Labute approximate surface area is 170 Å². The highest BCUT2D eigenvalue weighted by Crippen LogP contribution is 2.28. The van der Waals surface area contributed by atoms with Crippen LogP contribution < -0.4 is 10.1 Å². The average molecular weight is 411 g/mol. The molecule has 1 unspecified atom stereocenters. The Morgan fingerprint density at radius 3 is 2.68 bits per heavy atom. The first-order valence-electron chi connectivity index (χ1n) is 8.57. The van der Waals surface area contributed by atoms with Crippen LogP contribution in [0.5, 0.6) is 5.75 Å². The van der Waals surface area contributed by atoms with Gasteiger partial charge < -0.3 is 14.6 Å². The van der Waals surface area contributed by atoms with Crippen molar-refractivity contribution in [1.29, 1.82) is 0 Å². The SMILES string of the molecule is COc1ccc(C(NC(=O)c2csc(-c3cccs3)n2)c2nccn2C)cc1. The molecule has 3 heterocycles. The molecule has 6 nitrogen and oxygen atoms in total. The van der Waals surface area contributed by atoms with Gasteiger partial charge in [0.2, 0.25) is 0 Å². The number of aromatic nitrogens is 3.